The van der Waals surface area contributed by atoms with E-state index in [0.29, 0.717) is 0 Å². The van der Waals surface area contributed by atoms with Gasteiger partial charge in [-0.15, -0.1) is 0 Å². The molecule has 1 aliphatic rings. The lowest BCUT2D eigenvalue weighted by atomic mass is 10.1. The van der Waals surface area contributed by atoms with Gasteiger partial charge in [-0.1, -0.05) is 0 Å². The molecule has 20 heavy (non-hydrogen) atoms. The lowest BCUT2D eigenvalue weighted by molar-refractivity contribution is -0.191. The first-order valence-electron chi connectivity index (χ1n) is 5.03. The fraction of sp³-hybridized carbons (Fsp3) is 0.182. The van der Waals surface area contributed by atoms with Crippen LogP contribution >= 0.6 is 15.9 Å². The first kappa shape index (κ1) is 14.6. The van der Waals surface area contributed by atoms with Crippen molar-refractivity contribution in [2.75, 3.05) is 0 Å². The van der Waals surface area contributed by atoms with Gasteiger partial charge in [0.25, 0.3) is 6.10 Å². The van der Waals surface area contributed by atoms with Crippen molar-refractivity contribution in [2.45, 2.75) is 12.3 Å². The van der Waals surface area contributed by atoms with Crippen LogP contribution in [0.4, 0.5) is 22.4 Å². The van der Waals surface area contributed by atoms with Crippen LogP contribution < -0.4 is 4.74 Å². The number of hydrogen-bond acceptors (Lipinski definition) is 3. The number of carboxylic acid groups (broad SMARTS) is 1. The molecular weight excluding hydrogens is 352 g/mol. The Morgan fingerprint density at radius 3 is 2.60 bits per heavy atom. The lowest BCUT2D eigenvalue weighted by Crippen LogP contribution is -2.39. The van der Waals surface area contributed by atoms with Gasteiger partial charge in [0.1, 0.15) is 11.6 Å². The van der Waals surface area contributed by atoms with E-state index in [1.54, 1.807) is 0 Å². The zero-order valence-corrected chi connectivity index (χ0v) is 11.0. The second-order valence-electron chi connectivity index (χ2n) is 3.76. The highest BCUT2D eigenvalue weighted by Crippen LogP contribution is 2.41. The highest BCUT2D eigenvalue weighted by atomic mass is 79.9. The van der Waals surface area contributed by atoms with Crippen molar-refractivity contribution in [2.24, 2.45) is 0 Å². The van der Waals surface area contributed by atoms with Gasteiger partial charge in [-0.25, -0.2) is 9.18 Å². The molecule has 1 aliphatic heterocycles. The Hall–Kier alpha value is -1.77. The maximum absolute atomic E-state index is 13.2. The van der Waals surface area contributed by atoms with E-state index in [0.717, 1.165) is 18.2 Å². The van der Waals surface area contributed by atoms with Crippen LogP contribution in [0.25, 0.3) is 6.08 Å². The Kier molecular flexibility index (Phi) is 3.63. The van der Waals surface area contributed by atoms with Crippen molar-refractivity contribution in [3.05, 3.63) is 33.7 Å². The van der Waals surface area contributed by atoms with Gasteiger partial charge in [0.05, 0.1) is 4.47 Å². The predicted molar refractivity (Wildman–Crippen MR) is 61.7 cm³/mol. The quantitative estimate of drug-likeness (QED) is 0.611. The van der Waals surface area contributed by atoms with E-state index >= 15 is 0 Å². The zero-order valence-electron chi connectivity index (χ0n) is 9.37. The van der Waals surface area contributed by atoms with E-state index in [9.17, 15) is 22.4 Å². The van der Waals surface area contributed by atoms with Gasteiger partial charge in [-0.3, -0.25) is 0 Å². The maximum Gasteiger partial charge on any atom is 0.511 e. The highest BCUT2D eigenvalue weighted by molar-refractivity contribution is 9.10. The minimum absolute atomic E-state index is 0.0209. The van der Waals surface area contributed by atoms with Gasteiger partial charge in [0.15, 0.2) is 5.76 Å². The van der Waals surface area contributed by atoms with Gasteiger partial charge in [0.2, 0.25) is 0 Å². The molecule has 1 unspecified atom stereocenters. The fourth-order valence-corrected chi connectivity index (χ4v) is 2.17. The standard InChI is InChI=1S/C11H5BrF4O4/c12-6-3-5(13)1-4-2-7(19-10(17)18)9(11(14,15)16)20-8(4)6/h1-3,9H,(H,17,18). The molecule has 0 radical (unpaired) electrons. The SMILES string of the molecule is O=C(O)OC1=Cc2cc(F)cc(Br)c2OC1C(F)(F)F. The zero-order chi connectivity index (χ0) is 15.1. The molecule has 0 fully saturated rings. The molecule has 1 aromatic carbocycles. The van der Waals surface area contributed by atoms with E-state index in [1.807, 2.05) is 0 Å². The molecule has 0 bridgehead atoms. The molecule has 0 aliphatic carbocycles. The molecule has 2 rings (SSSR count). The third kappa shape index (κ3) is 2.87. The van der Waals surface area contributed by atoms with Crippen LogP contribution in [0.3, 0.4) is 0 Å². The van der Waals surface area contributed by atoms with E-state index < -0.39 is 30.0 Å². The Bertz CT molecular complexity index is 597. The average Bonchev–Trinajstić information content (AvgIpc) is 2.25. The molecular formula is C11H5BrF4O4. The van der Waals surface area contributed by atoms with Crippen LogP contribution in [0, 0.1) is 5.82 Å². The largest absolute Gasteiger partial charge is 0.511 e. The summed E-state index contributed by atoms with van der Waals surface area (Å²) in [5.74, 6) is -1.95. The summed E-state index contributed by atoms with van der Waals surface area (Å²) in [6.07, 6.45) is -8.60. The van der Waals surface area contributed by atoms with Gasteiger partial charge in [-0.05, 0) is 34.1 Å². The van der Waals surface area contributed by atoms with Crippen LogP contribution in [-0.4, -0.2) is 23.5 Å². The van der Waals surface area contributed by atoms with Gasteiger partial charge in [-0.2, -0.15) is 13.2 Å². The number of carbonyl (C=O) groups is 1. The Balaban J connectivity index is 2.53. The number of fused-ring (bicyclic) bond motifs is 1. The first-order chi connectivity index (χ1) is 9.18. The monoisotopic (exact) mass is 356 g/mol. The molecule has 108 valence electrons. The number of halogens is 5. The molecule has 0 saturated carbocycles. The summed E-state index contributed by atoms with van der Waals surface area (Å²) in [4.78, 5) is 10.4. The van der Waals surface area contributed by atoms with E-state index in [4.69, 9.17) is 9.84 Å². The molecule has 4 nitrogen and oxygen atoms in total. The predicted octanol–water partition coefficient (Wildman–Crippen LogP) is 3.95. The molecule has 9 heteroatoms. The normalized spacial score (nSPS) is 17.9. The van der Waals surface area contributed by atoms with Crippen molar-refractivity contribution in [3.8, 4) is 5.75 Å². The van der Waals surface area contributed by atoms with E-state index in [-0.39, 0.29) is 15.8 Å². The van der Waals surface area contributed by atoms with Crippen LogP contribution in [0.5, 0.6) is 5.75 Å². The molecule has 0 aromatic heterocycles. The first-order valence-corrected chi connectivity index (χ1v) is 5.82. The van der Waals surface area contributed by atoms with Crippen molar-refractivity contribution in [1.82, 2.24) is 0 Å². The number of rotatable bonds is 1. The third-order valence-corrected chi connectivity index (χ3v) is 2.92. The number of alkyl halides is 3. The smallest absolute Gasteiger partial charge is 0.471 e. The fourth-order valence-electron chi connectivity index (χ4n) is 1.63. The topological polar surface area (TPSA) is 55.8 Å². The summed E-state index contributed by atoms with van der Waals surface area (Å²) in [6, 6.07) is 1.83. The van der Waals surface area contributed by atoms with Crippen molar-refractivity contribution < 1.29 is 36.9 Å². The van der Waals surface area contributed by atoms with Gasteiger partial charge < -0.3 is 14.6 Å². The van der Waals surface area contributed by atoms with Crippen LogP contribution in [0.1, 0.15) is 5.56 Å². The number of hydrogen-bond donors (Lipinski definition) is 1. The second-order valence-corrected chi connectivity index (χ2v) is 4.61. The minimum Gasteiger partial charge on any atom is -0.471 e. The molecule has 1 atom stereocenters. The van der Waals surface area contributed by atoms with Crippen LogP contribution in [0.15, 0.2) is 22.4 Å². The van der Waals surface area contributed by atoms with Crippen molar-refractivity contribution in [1.29, 1.82) is 0 Å². The summed E-state index contributed by atoms with van der Waals surface area (Å²) in [5.41, 5.74) is -0.0615. The van der Waals surface area contributed by atoms with Crippen LogP contribution in [0.2, 0.25) is 0 Å². The van der Waals surface area contributed by atoms with E-state index in [2.05, 4.69) is 20.7 Å². The maximum atomic E-state index is 13.2. The second kappa shape index (κ2) is 4.97. The van der Waals surface area contributed by atoms with Crippen molar-refractivity contribution >= 4 is 28.2 Å². The highest BCUT2D eigenvalue weighted by Gasteiger charge is 2.48. The number of ether oxygens (including phenoxy) is 2. The average molecular weight is 357 g/mol. The summed E-state index contributed by atoms with van der Waals surface area (Å²) < 4.78 is 60.4. The summed E-state index contributed by atoms with van der Waals surface area (Å²) >= 11 is 2.88. The number of benzene rings is 1. The van der Waals surface area contributed by atoms with Crippen molar-refractivity contribution in [3.63, 3.8) is 0 Å². The molecule has 0 saturated heterocycles. The Morgan fingerprint density at radius 1 is 1.40 bits per heavy atom. The molecule has 1 heterocycles. The summed E-state index contributed by atoms with van der Waals surface area (Å²) in [6.45, 7) is 0. The molecule has 1 aromatic rings. The van der Waals surface area contributed by atoms with Gasteiger partial charge >= 0.3 is 12.3 Å². The van der Waals surface area contributed by atoms with Crippen LogP contribution in [-0.2, 0) is 4.74 Å². The Morgan fingerprint density at radius 2 is 2.05 bits per heavy atom. The molecule has 0 spiro atoms. The Labute approximate surface area is 117 Å². The lowest BCUT2D eigenvalue weighted by Gasteiger charge is -2.28. The minimum atomic E-state index is -4.88. The third-order valence-electron chi connectivity index (χ3n) is 2.33. The summed E-state index contributed by atoms with van der Waals surface area (Å²) in [5, 5.41) is 8.44. The molecule has 1 N–H and O–H groups in total. The van der Waals surface area contributed by atoms with Gasteiger partial charge in [0, 0.05) is 5.56 Å². The summed E-state index contributed by atoms with van der Waals surface area (Å²) in [7, 11) is 0. The molecule has 0 amide bonds. The van der Waals surface area contributed by atoms with E-state index in [1.165, 1.54) is 0 Å².